The van der Waals surface area contributed by atoms with Crippen molar-refractivity contribution in [2.75, 3.05) is 11.4 Å². The van der Waals surface area contributed by atoms with Gasteiger partial charge in [0.2, 0.25) is 5.95 Å². The van der Waals surface area contributed by atoms with Crippen LogP contribution >= 0.6 is 0 Å². The van der Waals surface area contributed by atoms with Gasteiger partial charge >= 0.3 is 0 Å². The Bertz CT molecular complexity index is 912. The monoisotopic (exact) mass is 338 g/mol. The van der Waals surface area contributed by atoms with Gasteiger partial charge in [-0.15, -0.1) is 10.2 Å². The quantitative estimate of drug-likeness (QED) is 0.727. The van der Waals surface area contributed by atoms with E-state index in [4.69, 9.17) is 0 Å². The average Bonchev–Trinajstić information content (AvgIpc) is 3.28. The summed E-state index contributed by atoms with van der Waals surface area (Å²) in [6.45, 7) is 7.14. The zero-order valence-electron chi connectivity index (χ0n) is 15.0. The molecule has 0 amide bonds. The molecule has 1 fully saturated rings. The SMILES string of the molecule is Cc1ncc(C)n2nc(C=Cc3nc(N4CCCC4C)nn3C)nc12. The minimum Gasteiger partial charge on any atom is -0.337 e. The molecule has 0 aliphatic carbocycles. The first-order chi connectivity index (χ1) is 12.0. The van der Waals surface area contributed by atoms with Crippen LogP contribution < -0.4 is 4.90 Å². The number of anilines is 1. The van der Waals surface area contributed by atoms with Crippen molar-refractivity contribution in [2.24, 2.45) is 7.05 Å². The lowest BCUT2D eigenvalue weighted by Gasteiger charge is -2.18. The van der Waals surface area contributed by atoms with Crippen LogP contribution in [0.25, 0.3) is 17.8 Å². The molecular formula is C17H22N8. The van der Waals surface area contributed by atoms with Gasteiger partial charge in [-0.3, -0.25) is 4.98 Å². The molecule has 1 aliphatic rings. The second kappa shape index (κ2) is 5.94. The summed E-state index contributed by atoms with van der Waals surface area (Å²) in [5, 5.41) is 9.08. The van der Waals surface area contributed by atoms with Gasteiger partial charge < -0.3 is 4.90 Å². The van der Waals surface area contributed by atoms with Gasteiger partial charge in [-0.25, -0.2) is 14.2 Å². The Morgan fingerprint density at radius 1 is 1.16 bits per heavy atom. The van der Waals surface area contributed by atoms with Gasteiger partial charge in [-0.2, -0.15) is 4.98 Å². The zero-order valence-corrected chi connectivity index (χ0v) is 15.0. The van der Waals surface area contributed by atoms with Gasteiger partial charge in [0, 0.05) is 25.8 Å². The Labute approximate surface area is 146 Å². The van der Waals surface area contributed by atoms with Gasteiger partial charge in [-0.05, 0) is 45.8 Å². The van der Waals surface area contributed by atoms with Crippen LogP contribution in [-0.4, -0.2) is 46.9 Å². The van der Waals surface area contributed by atoms with Crippen LogP contribution in [0.15, 0.2) is 6.20 Å². The van der Waals surface area contributed by atoms with Crippen LogP contribution in [0.3, 0.4) is 0 Å². The topological polar surface area (TPSA) is 77.0 Å². The van der Waals surface area contributed by atoms with Crippen LogP contribution in [0, 0.1) is 13.8 Å². The summed E-state index contributed by atoms with van der Waals surface area (Å²) in [5.74, 6) is 2.23. The van der Waals surface area contributed by atoms with Crippen molar-refractivity contribution in [1.29, 1.82) is 0 Å². The van der Waals surface area contributed by atoms with Gasteiger partial charge in [0.05, 0.1) is 11.4 Å². The van der Waals surface area contributed by atoms with Crippen LogP contribution in [0.5, 0.6) is 0 Å². The Kier molecular flexibility index (Phi) is 3.74. The van der Waals surface area contributed by atoms with Crippen molar-refractivity contribution in [1.82, 2.24) is 34.3 Å². The number of aryl methyl sites for hydroxylation is 3. The summed E-state index contributed by atoms with van der Waals surface area (Å²) in [5.41, 5.74) is 2.60. The predicted octanol–water partition coefficient (Wildman–Crippen LogP) is 2.03. The highest BCUT2D eigenvalue weighted by molar-refractivity contribution is 5.65. The molecule has 1 unspecified atom stereocenters. The molecule has 1 saturated heterocycles. The molecule has 4 heterocycles. The fourth-order valence-electron chi connectivity index (χ4n) is 3.21. The summed E-state index contributed by atoms with van der Waals surface area (Å²) >= 11 is 0. The van der Waals surface area contributed by atoms with Gasteiger partial charge in [-0.1, -0.05) is 0 Å². The highest BCUT2D eigenvalue weighted by atomic mass is 15.4. The molecule has 1 atom stereocenters. The third kappa shape index (κ3) is 2.77. The first kappa shape index (κ1) is 15.7. The molecule has 0 aromatic carbocycles. The molecule has 1 aliphatic heterocycles. The fourth-order valence-corrected chi connectivity index (χ4v) is 3.21. The molecule has 8 nitrogen and oxygen atoms in total. The summed E-state index contributed by atoms with van der Waals surface area (Å²) in [6, 6.07) is 0.498. The number of hydrogen-bond acceptors (Lipinski definition) is 6. The van der Waals surface area contributed by atoms with E-state index in [0.29, 0.717) is 11.9 Å². The van der Waals surface area contributed by atoms with Gasteiger partial charge in [0.15, 0.2) is 17.3 Å². The number of nitrogens with zero attached hydrogens (tertiary/aromatic N) is 8. The molecule has 3 aromatic rings. The van der Waals surface area contributed by atoms with E-state index in [9.17, 15) is 0 Å². The van der Waals surface area contributed by atoms with Crippen LogP contribution in [-0.2, 0) is 7.05 Å². The lowest BCUT2D eigenvalue weighted by atomic mass is 10.2. The number of rotatable bonds is 3. The third-order valence-electron chi connectivity index (χ3n) is 4.70. The summed E-state index contributed by atoms with van der Waals surface area (Å²) in [6.07, 6.45) is 7.97. The number of fused-ring (bicyclic) bond motifs is 1. The molecule has 0 N–H and O–H groups in total. The molecule has 25 heavy (non-hydrogen) atoms. The van der Waals surface area contributed by atoms with E-state index in [-0.39, 0.29) is 0 Å². The molecule has 130 valence electrons. The Morgan fingerprint density at radius 3 is 2.72 bits per heavy atom. The Morgan fingerprint density at radius 2 is 2.00 bits per heavy atom. The molecule has 3 aromatic heterocycles. The highest BCUT2D eigenvalue weighted by Crippen LogP contribution is 2.22. The van der Waals surface area contributed by atoms with Crippen molar-refractivity contribution in [2.45, 2.75) is 39.7 Å². The summed E-state index contributed by atoms with van der Waals surface area (Å²) < 4.78 is 3.61. The van der Waals surface area contributed by atoms with E-state index in [1.54, 1.807) is 10.9 Å². The van der Waals surface area contributed by atoms with Gasteiger partial charge in [0.25, 0.3) is 0 Å². The van der Waals surface area contributed by atoms with E-state index in [0.717, 1.165) is 35.4 Å². The minimum atomic E-state index is 0.498. The second-order valence-electron chi connectivity index (χ2n) is 6.60. The zero-order chi connectivity index (χ0) is 17.6. The van der Waals surface area contributed by atoms with E-state index in [1.165, 1.54) is 12.8 Å². The van der Waals surface area contributed by atoms with Crippen molar-refractivity contribution >= 4 is 23.7 Å². The predicted molar refractivity (Wildman–Crippen MR) is 96.2 cm³/mol. The number of hydrogen-bond donors (Lipinski definition) is 0. The van der Waals surface area contributed by atoms with Crippen molar-refractivity contribution in [3.05, 3.63) is 29.2 Å². The van der Waals surface area contributed by atoms with E-state index < -0.39 is 0 Å². The standard InChI is InChI=1S/C17H22N8/c1-11-6-5-9-24(11)17-20-15(23(4)22-17)8-7-14-19-16-13(3)18-10-12(2)25(16)21-14/h7-8,10-11H,5-6,9H2,1-4H3. The fraction of sp³-hybridized carbons (Fsp3) is 0.471. The maximum atomic E-state index is 4.66. The van der Waals surface area contributed by atoms with Crippen molar-refractivity contribution in [3.8, 4) is 0 Å². The Hall–Kier alpha value is -2.77. The first-order valence-corrected chi connectivity index (χ1v) is 8.57. The van der Waals surface area contributed by atoms with Crippen LogP contribution in [0.2, 0.25) is 0 Å². The van der Waals surface area contributed by atoms with E-state index >= 15 is 0 Å². The summed E-state index contributed by atoms with van der Waals surface area (Å²) in [4.78, 5) is 15.8. The molecular weight excluding hydrogens is 316 g/mol. The molecule has 0 saturated carbocycles. The third-order valence-corrected chi connectivity index (χ3v) is 4.70. The van der Waals surface area contributed by atoms with E-state index in [2.05, 4.69) is 37.0 Å². The van der Waals surface area contributed by atoms with Crippen LogP contribution in [0.1, 0.15) is 42.8 Å². The molecule has 0 bridgehead atoms. The van der Waals surface area contributed by atoms with Gasteiger partial charge in [0.1, 0.15) is 0 Å². The minimum absolute atomic E-state index is 0.498. The Balaban J connectivity index is 1.63. The molecule has 0 radical (unpaired) electrons. The highest BCUT2D eigenvalue weighted by Gasteiger charge is 2.24. The largest absolute Gasteiger partial charge is 0.337 e. The van der Waals surface area contributed by atoms with E-state index in [1.807, 2.05) is 37.6 Å². The van der Waals surface area contributed by atoms with Crippen LogP contribution in [0.4, 0.5) is 5.95 Å². The molecule has 4 rings (SSSR count). The smallest absolute Gasteiger partial charge is 0.245 e. The molecule has 8 heteroatoms. The molecule has 0 spiro atoms. The summed E-state index contributed by atoms with van der Waals surface area (Å²) in [7, 11) is 1.91. The second-order valence-corrected chi connectivity index (χ2v) is 6.60. The number of aromatic nitrogens is 7. The maximum Gasteiger partial charge on any atom is 0.245 e. The maximum absolute atomic E-state index is 4.66. The average molecular weight is 338 g/mol. The lowest BCUT2D eigenvalue weighted by Crippen LogP contribution is -2.27. The lowest BCUT2D eigenvalue weighted by molar-refractivity contribution is 0.700. The van der Waals surface area contributed by atoms with Crippen molar-refractivity contribution in [3.63, 3.8) is 0 Å². The first-order valence-electron chi connectivity index (χ1n) is 8.57. The normalized spacial score (nSPS) is 18.1. The van der Waals surface area contributed by atoms with Crippen molar-refractivity contribution < 1.29 is 0 Å².